The van der Waals surface area contributed by atoms with E-state index >= 15 is 0 Å². The number of aromatic nitrogens is 1. The Balaban J connectivity index is 1.40. The second kappa shape index (κ2) is 8.58. The molecule has 2 saturated carbocycles. The number of pyridine rings is 1. The quantitative estimate of drug-likeness (QED) is 0.627. The zero-order valence-corrected chi connectivity index (χ0v) is 19.9. The molecule has 0 radical (unpaired) electrons. The smallest absolute Gasteiger partial charge is 0.230 e. The molecule has 3 aliphatic rings. The van der Waals surface area contributed by atoms with Crippen LogP contribution >= 0.6 is 0 Å². The first-order valence-electron chi connectivity index (χ1n) is 12.6. The lowest BCUT2D eigenvalue weighted by molar-refractivity contribution is -0.142. The van der Waals surface area contributed by atoms with Crippen LogP contribution in [0.1, 0.15) is 51.5 Å². The molecule has 0 N–H and O–H groups in total. The Kier molecular flexibility index (Phi) is 5.75. The fraction of sp³-hybridized carbons (Fsp3) is 0.536. The number of carbonyl (C=O) groups is 2. The molecule has 1 aliphatic heterocycles. The minimum absolute atomic E-state index is 0.198. The lowest BCUT2D eigenvalue weighted by atomic mass is 9.78. The van der Waals surface area contributed by atoms with Gasteiger partial charge in [0.2, 0.25) is 11.8 Å². The Morgan fingerprint density at radius 3 is 2.52 bits per heavy atom. The average Bonchev–Trinajstić information content (AvgIpc) is 3.47. The Hall–Kier alpha value is -2.69. The molecule has 3 fully saturated rings. The molecule has 2 aromatic rings. The lowest BCUT2D eigenvalue weighted by Gasteiger charge is -2.34. The van der Waals surface area contributed by atoms with Gasteiger partial charge in [0.25, 0.3) is 0 Å². The third-order valence-electron chi connectivity index (χ3n) is 8.47. The number of amides is 2. The molecule has 0 unspecified atom stereocenters. The van der Waals surface area contributed by atoms with E-state index in [0.717, 1.165) is 29.5 Å². The molecule has 1 aromatic carbocycles. The number of likely N-dealkylation sites (tertiary alicyclic amines) is 1. The van der Waals surface area contributed by atoms with Crippen molar-refractivity contribution in [3.05, 3.63) is 54.4 Å². The van der Waals surface area contributed by atoms with E-state index < -0.39 is 5.41 Å². The first kappa shape index (κ1) is 22.1. The zero-order valence-electron chi connectivity index (χ0n) is 19.9. The summed E-state index contributed by atoms with van der Waals surface area (Å²) in [6, 6.07) is 12.5. The lowest BCUT2D eigenvalue weighted by Crippen LogP contribution is -2.47. The molecule has 5 heteroatoms. The van der Waals surface area contributed by atoms with Crippen molar-refractivity contribution in [3.63, 3.8) is 0 Å². The molecule has 1 aromatic heterocycles. The van der Waals surface area contributed by atoms with E-state index in [9.17, 15) is 9.59 Å². The van der Waals surface area contributed by atoms with E-state index in [1.165, 1.54) is 19.3 Å². The highest BCUT2D eigenvalue weighted by Crippen LogP contribution is 2.66. The normalized spacial score (nSPS) is 25.0. The first-order valence-corrected chi connectivity index (χ1v) is 12.6. The second-order valence-corrected chi connectivity index (χ2v) is 10.4. The van der Waals surface area contributed by atoms with E-state index in [2.05, 4.69) is 35.3 Å². The Bertz CT molecular complexity index is 1030. The summed E-state index contributed by atoms with van der Waals surface area (Å²) in [7, 11) is 0. The van der Waals surface area contributed by atoms with Crippen LogP contribution in [-0.4, -0.2) is 52.8 Å². The fourth-order valence-corrected chi connectivity index (χ4v) is 6.19. The molecule has 33 heavy (non-hydrogen) atoms. The molecule has 174 valence electrons. The Morgan fingerprint density at radius 1 is 1.09 bits per heavy atom. The summed E-state index contributed by atoms with van der Waals surface area (Å²) in [6.07, 6.45) is 9.80. The SMILES string of the molecule is CCN(CC)C(=O)[C@@]1(Cc2cccc(-c3cccnc3)c2)CCN(C(=O)[C@@H]2CC23CCC3)C1. The molecule has 2 aliphatic carbocycles. The van der Waals surface area contributed by atoms with Gasteiger partial charge >= 0.3 is 0 Å². The molecule has 2 amide bonds. The maximum absolute atomic E-state index is 13.8. The maximum atomic E-state index is 13.8. The van der Waals surface area contributed by atoms with Crippen LogP contribution in [-0.2, 0) is 16.0 Å². The van der Waals surface area contributed by atoms with Gasteiger partial charge in [-0.25, -0.2) is 0 Å². The van der Waals surface area contributed by atoms with Crippen molar-refractivity contribution in [1.29, 1.82) is 0 Å². The van der Waals surface area contributed by atoms with Crippen LogP contribution in [0.25, 0.3) is 11.1 Å². The van der Waals surface area contributed by atoms with Crippen molar-refractivity contribution in [3.8, 4) is 11.1 Å². The number of nitrogens with zero attached hydrogens (tertiary/aromatic N) is 3. The summed E-state index contributed by atoms with van der Waals surface area (Å²) in [6.45, 7) is 6.73. The van der Waals surface area contributed by atoms with E-state index in [1.54, 1.807) is 6.20 Å². The van der Waals surface area contributed by atoms with E-state index in [1.807, 2.05) is 35.9 Å². The topological polar surface area (TPSA) is 53.5 Å². The number of benzene rings is 1. The number of hydrogen-bond acceptors (Lipinski definition) is 3. The van der Waals surface area contributed by atoms with E-state index in [0.29, 0.717) is 43.9 Å². The van der Waals surface area contributed by atoms with Crippen LogP contribution in [0, 0.1) is 16.7 Å². The van der Waals surface area contributed by atoms with Crippen LogP contribution in [0.3, 0.4) is 0 Å². The van der Waals surface area contributed by atoms with Gasteiger partial charge in [0.05, 0.1) is 5.41 Å². The van der Waals surface area contributed by atoms with Gasteiger partial charge in [-0.2, -0.15) is 0 Å². The summed E-state index contributed by atoms with van der Waals surface area (Å²) >= 11 is 0. The molecule has 1 saturated heterocycles. The van der Waals surface area contributed by atoms with Crippen molar-refractivity contribution >= 4 is 11.8 Å². The average molecular weight is 446 g/mol. The fourth-order valence-electron chi connectivity index (χ4n) is 6.19. The minimum atomic E-state index is -0.545. The van der Waals surface area contributed by atoms with Gasteiger partial charge < -0.3 is 9.80 Å². The van der Waals surface area contributed by atoms with Crippen molar-refractivity contribution in [2.75, 3.05) is 26.2 Å². The zero-order chi connectivity index (χ0) is 23.1. The van der Waals surface area contributed by atoms with Gasteiger partial charge in [-0.3, -0.25) is 14.6 Å². The number of carbonyl (C=O) groups excluding carboxylic acids is 2. The summed E-state index contributed by atoms with van der Waals surface area (Å²) in [5, 5.41) is 0. The molecule has 1 spiro atoms. The van der Waals surface area contributed by atoms with Crippen molar-refractivity contribution < 1.29 is 9.59 Å². The molecule has 5 nitrogen and oxygen atoms in total. The highest BCUT2D eigenvalue weighted by atomic mass is 16.2. The Morgan fingerprint density at radius 2 is 1.88 bits per heavy atom. The number of hydrogen-bond donors (Lipinski definition) is 0. The molecule has 0 bridgehead atoms. The summed E-state index contributed by atoms with van der Waals surface area (Å²) in [5.41, 5.74) is 3.11. The third-order valence-corrected chi connectivity index (χ3v) is 8.47. The van der Waals surface area contributed by atoms with Crippen LogP contribution in [0.2, 0.25) is 0 Å². The highest BCUT2D eigenvalue weighted by molar-refractivity contribution is 5.88. The predicted octanol–water partition coefficient (Wildman–Crippen LogP) is 4.57. The maximum Gasteiger partial charge on any atom is 0.230 e. The van der Waals surface area contributed by atoms with Crippen LogP contribution < -0.4 is 0 Å². The van der Waals surface area contributed by atoms with Crippen LogP contribution in [0.5, 0.6) is 0 Å². The van der Waals surface area contributed by atoms with Crippen LogP contribution in [0.15, 0.2) is 48.8 Å². The van der Waals surface area contributed by atoms with Gasteiger partial charge in [-0.05, 0) is 74.1 Å². The van der Waals surface area contributed by atoms with E-state index in [-0.39, 0.29) is 11.8 Å². The van der Waals surface area contributed by atoms with Gasteiger partial charge in [-0.15, -0.1) is 0 Å². The Labute approximate surface area is 197 Å². The van der Waals surface area contributed by atoms with Gasteiger partial charge in [0, 0.05) is 44.5 Å². The summed E-state index contributed by atoms with van der Waals surface area (Å²) < 4.78 is 0. The molecule has 2 atom stereocenters. The van der Waals surface area contributed by atoms with Crippen molar-refractivity contribution in [2.24, 2.45) is 16.7 Å². The summed E-state index contributed by atoms with van der Waals surface area (Å²) in [5.74, 6) is 0.705. The van der Waals surface area contributed by atoms with Crippen molar-refractivity contribution in [1.82, 2.24) is 14.8 Å². The van der Waals surface area contributed by atoms with Crippen LogP contribution in [0.4, 0.5) is 0 Å². The highest BCUT2D eigenvalue weighted by Gasteiger charge is 2.62. The standard InChI is InChI=1S/C28H35N3O2/c1-3-30(4-2)26(33)28(13-15-31(20-28)25(32)24-18-27(24)11-7-12-27)17-21-8-5-9-22(16-21)23-10-6-14-29-19-23/h5-6,8-10,14,16,19,24H,3-4,7,11-13,15,17-18,20H2,1-2H3/t24-,28+/m0/s1. The monoisotopic (exact) mass is 445 g/mol. The molecule has 5 rings (SSSR count). The number of rotatable bonds is 7. The van der Waals surface area contributed by atoms with E-state index in [4.69, 9.17) is 0 Å². The van der Waals surface area contributed by atoms with Gasteiger partial charge in [-0.1, -0.05) is 36.8 Å². The molecular formula is C28H35N3O2. The van der Waals surface area contributed by atoms with Gasteiger partial charge in [0.15, 0.2) is 0 Å². The second-order valence-electron chi connectivity index (χ2n) is 10.4. The summed E-state index contributed by atoms with van der Waals surface area (Å²) in [4.78, 5) is 35.4. The minimum Gasteiger partial charge on any atom is -0.343 e. The largest absolute Gasteiger partial charge is 0.343 e. The molecule has 2 heterocycles. The third kappa shape index (κ3) is 3.96. The first-order chi connectivity index (χ1) is 16.0. The molecular weight excluding hydrogens is 410 g/mol. The predicted molar refractivity (Wildman–Crippen MR) is 129 cm³/mol. The van der Waals surface area contributed by atoms with Crippen molar-refractivity contribution in [2.45, 2.75) is 52.4 Å². The van der Waals surface area contributed by atoms with Gasteiger partial charge in [0.1, 0.15) is 0 Å².